The summed E-state index contributed by atoms with van der Waals surface area (Å²) in [5.41, 5.74) is 2.82. The maximum Gasteiger partial charge on any atom is 0.250 e. The topological polar surface area (TPSA) is 34.0 Å². The Bertz CT molecular complexity index is 451. The molecule has 0 saturated carbocycles. The van der Waals surface area contributed by atoms with Crippen molar-refractivity contribution in [3.63, 3.8) is 0 Å². The molecule has 0 fully saturated rings. The first-order valence-corrected chi connectivity index (χ1v) is 7.75. The molecule has 0 radical (unpaired) electrons. The Hall–Kier alpha value is -1.09. The summed E-state index contributed by atoms with van der Waals surface area (Å²) in [7, 11) is 0. The van der Waals surface area contributed by atoms with Crippen LogP contribution in [-0.2, 0) is 19.4 Å². The van der Waals surface area contributed by atoms with Gasteiger partial charge in [0.1, 0.15) is 0 Å². The number of hydrogen-bond acceptors (Lipinski definition) is 2. The molecule has 0 spiro atoms. The van der Waals surface area contributed by atoms with E-state index >= 15 is 0 Å². The van der Waals surface area contributed by atoms with Crippen LogP contribution >= 0.6 is 0 Å². The summed E-state index contributed by atoms with van der Waals surface area (Å²) in [6.07, 6.45) is 8.57. The second kappa shape index (κ2) is 7.49. The lowest BCUT2D eigenvalue weighted by molar-refractivity contribution is 0.545. The number of aromatic nitrogens is 1. The van der Waals surface area contributed by atoms with Crippen LogP contribution in [0.4, 0.5) is 0 Å². The number of hydrogen-bond donors (Lipinski definition) is 1. The lowest BCUT2D eigenvalue weighted by Crippen LogP contribution is -2.29. The molecule has 1 aliphatic carbocycles. The first-order chi connectivity index (χ1) is 9.33. The van der Waals surface area contributed by atoms with Crippen molar-refractivity contribution < 1.29 is 0 Å². The fraction of sp³-hybridized carbons (Fsp3) is 0.688. The number of pyridine rings is 1. The normalized spacial score (nSPS) is 13.7. The van der Waals surface area contributed by atoms with Gasteiger partial charge in [0.15, 0.2) is 0 Å². The van der Waals surface area contributed by atoms with E-state index < -0.39 is 0 Å². The molecule has 1 aromatic rings. The molecule has 1 heterocycles. The summed E-state index contributed by atoms with van der Waals surface area (Å²) in [4.78, 5) is 11.9. The number of unbranched alkanes of at least 4 members (excludes halogenated alkanes) is 3. The molecule has 1 aliphatic rings. The van der Waals surface area contributed by atoms with Crippen molar-refractivity contribution in [3.05, 3.63) is 33.7 Å². The van der Waals surface area contributed by atoms with Crippen LogP contribution in [0.3, 0.4) is 0 Å². The predicted octanol–water partition coefficient (Wildman–Crippen LogP) is 2.51. The van der Waals surface area contributed by atoms with E-state index in [-0.39, 0.29) is 5.56 Å². The third kappa shape index (κ3) is 3.93. The third-order valence-electron chi connectivity index (χ3n) is 3.97. The summed E-state index contributed by atoms with van der Waals surface area (Å²) in [5, 5.41) is 3.45. The van der Waals surface area contributed by atoms with E-state index in [1.807, 2.05) is 10.6 Å². The van der Waals surface area contributed by atoms with Crippen LogP contribution < -0.4 is 10.9 Å². The van der Waals surface area contributed by atoms with Gasteiger partial charge in [-0.1, -0.05) is 32.3 Å². The molecule has 0 unspecified atom stereocenters. The lowest BCUT2D eigenvalue weighted by Gasteiger charge is -2.12. The third-order valence-corrected chi connectivity index (χ3v) is 3.97. The Kier molecular flexibility index (Phi) is 5.64. The van der Waals surface area contributed by atoms with Gasteiger partial charge in [-0.15, -0.1) is 0 Å². The minimum atomic E-state index is 0.161. The average molecular weight is 262 g/mol. The predicted molar refractivity (Wildman–Crippen MR) is 79.7 cm³/mol. The summed E-state index contributed by atoms with van der Waals surface area (Å²) in [5.74, 6) is 0. The minimum absolute atomic E-state index is 0.161. The Morgan fingerprint density at radius 1 is 1.16 bits per heavy atom. The first-order valence-electron chi connectivity index (χ1n) is 7.75. The first kappa shape index (κ1) is 14.3. The highest BCUT2D eigenvalue weighted by molar-refractivity contribution is 5.25. The van der Waals surface area contributed by atoms with E-state index in [2.05, 4.69) is 12.2 Å². The average Bonchev–Trinajstić information content (AvgIpc) is 2.88. The maximum atomic E-state index is 11.9. The quantitative estimate of drug-likeness (QED) is 0.730. The molecule has 3 nitrogen and oxygen atoms in total. The second-order valence-electron chi connectivity index (χ2n) is 5.46. The van der Waals surface area contributed by atoms with Crippen molar-refractivity contribution in [1.82, 2.24) is 9.88 Å². The minimum Gasteiger partial charge on any atom is -0.315 e. The van der Waals surface area contributed by atoms with Crippen molar-refractivity contribution in [2.24, 2.45) is 0 Å². The van der Waals surface area contributed by atoms with Crippen LogP contribution in [0.15, 0.2) is 16.9 Å². The van der Waals surface area contributed by atoms with Crippen LogP contribution in [-0.4, -0.2) is 17.7 Å². The molecule has 0 aromatic carbocycles. The van der Waals surface area contributed by atoms with Crippen LogP contribution in [0.1, 0.15) is 50.3 Å². The van der Waals surface area contributed by atoms with E-state index in [0.29, 0.717) is 0 Å². The van der Waals surface area contributed by atoms with Gasteiger partial charge in [0.2, 0.25) is 0 Å². The molecule has 106 valence electrons. The largest absolute Gasteiger partial charge is 0.315 e. The summed E-state index contributed by atoms with van der Waals surface area (Å²) in [6, 6.07) is 3.74. The van der Waals surface area contributed by atoms with Crippen molar-refractivity contribution in [2.45, 2.75) is 58.4 Å². The molecule has 1 aromatic heterocycles. The van der Waals surface area contributed by atoms with Gasteiger partial charge in [-0.3, -0.25) is 4.79 Å². The number of rotatable bonds is 8. The van der Waals surface area contributed by atoms with Gasteiger partial charge in [0.25, 0.3) is 5.56 Å². The van der Waals surface area contributed by atoms with Crippen molar-refractivity contribution in [2.75, 3.05) is 13.1 Å². The molecule has 19 heavy (non-hydrogen) atoms. The molecule has 3 heteroatoms. The highest BCUT2D eigenvalue weighted by Crippen LogP contribution is 2.19. The van der Waals surface area contributed by atoms with Gasteiger partial charge in [0, 0.05) is 24.8 Å². The molecule has 0 bridgehead atoms. The van der Waals surface area contributed by atoms with Crippen molar-refractivity contribution in [3.8, 4) is 0 Å². The molecule has 0 saturated heterocycles. The van der Waals surface area contributed by atoms with E-state index in [0.717, 1.165) is 32.5 Å². The second-order valence-corrected chi connectivity index (χ2v) is 5.46. The van der Waals surface area contributed by atoms with E-state index in [9.17, 15) is 4.79 Å². The molecule has 0 atom stereocenters. The number of aryl methyl sites for hydroxylation is 1. The zero-order chi connectivity index (χ0) is 13.5. The zero-order valence-electron chi connectivity index (χ0n) is 12.1. The Balaban J connectivity index is 1.77. The summed E-state index contributed by atoms with van der Waals surface area (Å²) < 4.78 is 1.97. The monoisotopic (exact) mass is 262 g/mol. The SMILES string of the molecule is CCCCCCNCCn1c2c(ccc1=O)CCC2. The van der Waals surface area contributed by atoms with Crippen LogP contribution in [0.25, 0.3) is 0 Å². The van der Waals surface area contributed by atoms with E-state index in [4.69, 9.17) is 0 Å². The Labute approximate surface area is 116 Å². The molecular formula is C16H26N2O. The maximum absolute atomic E-state index is 11.9. The lowest BCUT2D eigenvalue weighted by atomic mass is 10.2. The van der Waals surface area contributed by atoms with E-state index in [1.54, 1.807) is 6.07 Å². The molecule has 0 amide bonds. The Morgan fingerprint density at radius 2 is 2.05 bits per heavy atom. The summed E-state index contributed by atoms with van der Waals surface area (Å²) >= 11 is 0. The van der Waals surface area contributed by atoms with Crippen molar-refractivity contribution in [1.29, 1.82) is 0 Å². The fourth-order valence-electron chi connectivity index (χ4n) is 2.87. The fourth-order valence-corrected chi connectivity index (χ4v) is 2.87. The summed E-state index contributed by atoms with van der Waals surface area (Å²) in [6.45, 7) is 5.03. The highest BCUT2D eigenvalue weighted by Gasteiger charge is 2.14. The van der Waals surface area contributed by atoms with Gasteiger partial charge >= 0.3 is 0 Å². The Morgan fingerprint density at radius 3 is 2.89 bits per heavy atom. The van der Waals surface area contributed by atoms with Gasteiger partial charge in [-0.2, -0.15) is 0 Å². The highest BCUT2D eigenvalue weighted by atomic mass is 16.1. The molecule has 1 N–H and O–H groups in total. The smallest absolute Gasteiger partial charge is 0.250 e. The van der Waals surface area contributed by atoms with Crippen LogP contribution in [0, 0.1) is 0 Å². The molecule has 0 aliphatic heterocycles. The van der Waals surface area contributed by atoms with Gasteiger partial charge < -0.3 is 9.88 Å². The van der Waals surface area contributed by atoms with Gasteiger partial charge in [0.05, 0.1) is 0 Å². The zero-order valence-corrected chi connectivity index (χ0v) is 12.1. The number of nitrogens with zero attached hydrogens (tertiary/aromatic N) is 1. The molecule has 2 rings (SSSR count). The van der Waals surface area contributed by atoms with Gasteiger partial charge in [-0.25, -0.2) is 0 Å². The van der Waals surface area contributed by atoms with Crippen LogP contribution in [0.2, 0.25) is 0 Å². The van der Waals surface area contributed by atoms with E-state index in [1.165, 1.54) is 43.4 Å². The van der Waals surface area contributed by atoms with Gasteiger partial charge in [-0.05, 0) is 37.8 Å². The number of fused-ring (bicyclic) bond motifs is 1. The van der Waals surface area contributed by atoms with Crippen LogP contribution in [0.5, 0.6) is 0 Å². The standard InChI is InChI=1S/C16H26N2O/c1-2-3-4-5-11-17-12-13-18-15-8-6-7-14(15)9-10-16(18)19/h9-10,17H,2-8,11-13H2,1H3. The van der Waals surface area contributed by atoms with Crippen molar-refractivity contribution >= 4 is 0 Å². The number of nitrogens with one attached hydrogen (secondary N) is 1. The molecular weight excluding hydrogens is 236 g/mol.